The van der Waals surface area contributed by atoms with E-state index in [1.165, 1.54) is 24.0 Å². The van der Waals surface area contributed by atoms with E-state index < -0.39 is 0 Å². The number of hydrogen-bond acceptors (Lipinski definition) is 3. The highest BCUT2D eigenvalue weighted by atomic mass is 16.6. The Kier molecular flexibility index (Phi) is 6.23. The van der Waals surface area contributed by atoms with Crippen molar-refractivity contribution in [2.24, 2.45) is 0 Å². The summed E-state index contributed by atoms with van der Waals surface area (Å²) in [6.07, 6.45) is 8.60. The number of fused-ring (bicyclic) bond motifs is 3. The molecule has 3 atom stereocenters. The quantitative estimate of drug-likeness (QED) is 0.662. The van der Waals surface area contributed by atoms with Crippen LogP contribution in [0.15, 0.2) is 18.2 Å². The van der Waals surface area contributed by atoms with Crippen LogP contribution in [0.3, 0.4) is 0 Å². The van der Waals surface area contributed by atoms with Crippen molar-refractivity contribution >= 4 is 6.09 Å². The summed E-state index contributed by atoms with van der Waals surface area (Å²) in [5.41, 5.74) is 2.92. The van der Waals surface area contributed by atoms with Crippen LogP contribution in [0, 0.1) is 0 Å². The predicted molar refractivity (Wildman–Crippen MR) is 106 cm³/mol. The smallest absolute Gasteiger partial charge is 0.410 e. The van der Waals surface area contributed by atoms with Crippen molar-refractivity contribution in [3.63, 3.8) is 0 Å². The van der Waals surface area contributed by atoms with E-state index >= 15 is 0 Å². The molecule has 0 saturated carbocycles. The summed E-state index contributed by atoms with van der Waals surface area (Å²) in [6.45, 7) is 7.77. The zero-order chi connectivity index (χ0) is 18.6. The monoisotopic (exact) mass is 358 g/mol. The van der Waals surface area contributed by atoms with Gasteiger partial charge in [0.05, 0.1) is 0 Å². The van der Waals surface area contributed by atoms with Crippen molar-refractivity contribution in [1.82, 2.24) is 10.6 Å². The molecule has 2 N–H and O–H groups in total. The van der Waals surface area contributed by atoms with E-state index in [1.54, 1.807) is 0 Å². The molecule has 1 aromatic rings. The standard InChI is InChI=1S/C22H34N2O2/c1-4-6-7-9-17(8-5-2)24-21(25)26-18-11-10-16-14-20-22(3,12-13-23-20)19(16)15-18/h10-11,15,17,20,23H,4-9,12-14H2,1-3H3,(H,24,25)/t17?,20-,22+/m1/s1. The third-order valence-electron chi connectivity index (χ3n) is 6.25. The zero-order valence-corrected chi connectivity index (χ0v) is 16.6. The first-order chi connectivity index (χ1) is 12.6. The van der Waals surface area contributed by atoms with Crippen LogP contribution in [-0.4, -0.2) is 24.7 Å². The maximum absolute atomic E-state index is 12.4. The van der Waals surface area contributed by atoms with Gasteiger partial charge in [0.15, 0.2) is 0 Å². The lowest BCUT2D eigenvalue weighted by molar-refractivity contribution is 0.194. The molecule has 0 bridgehead atoms. The van der Waals surface area contributed by atoms with E-state index in [1.807, 2.05) is 6.07 Å². The minimum Gasteiger partial charge on any atom is -0.410 e. The molecular weight excluding hydrogens is 324 g/mol. The van der Waals surface area contributed by atoms with Gasteiger partial charge in [0, 0.05) is 17.5 Å². The van der Waals surface area contributed by atoms with E-state index in [-0.39, 0.29) is 17.6 Å². The average Bonchev–Trinajstić information content (AvgIpc) is 3.09. The summed E-state index contributed by atoms with van der Waals surface area (Å²) in [6, 6.07) is 6.90. The average molecular weight is 359 g/mol. The fourth-order valence-electron chi connectivity index (χ4n) is 4.66. The van der Waals surface area contributed by atoms with Crippen molar-refractivity contribution < 1.29 is 9.53 Å². The summed E-state index contributed by atoms with van der Waals surface area (Å²) < 4.78 is 5.65. The van der Waals surface area contributed by atoms with Gasteiger partial charge < -0.3 is 15.4 Å². The normalized spacial score (nSPS) is 24.8. The van der Waals surface area contributed by atoms with Crippen LogP contribution in [0.1, 0.15) is 76.8 Å². The topological polar surface area (TPSA) is 50.4 Å². The summed E-state index contributed by atoms with van der Waals surface area (Å²) in [5, 5.41) is 6.69. The molecule has 144 valence electrons. The largest absolute Gasteiger partial charge is 0.412 e. The van der Waals surface area contributed by atoms with Crippen LogP contribution in [0.5, 0.6) is 5.75 Å². The van der Waals surface area contributed by atoms with Crippen molar-refractivity contribution in [1.29, 1.82) is 0 Å². The number of carbonyl (C=O) groups is 1. The van der Waals surface area contributed by atoms with Gasteiger partial charge in [-0.15, -0.1) is 0 Å². The van der Waals surface area contributed by atoms with E-state index in [2.05, 4.69) is 43.5 Å². The van der Waals surface area contributed by atoms with Gasteiger partial charge >= 0.3 is 6.09 Å². The molecule has 26 heavy (non-hydrogen) atoms. The van der Waals surface area contributed by atoms with E-state index in [4.69, 9.17) is 4.74 Å². The molecule has 1 unspecified atom stereocenters. The van der Waals surface area contributed by atoms with Crippen LogP contribution in [-0.2, 0) is 11.8 Å². The Morgan fingerprint density at radius 3 is 2.92 bits per heavy atom. The third kappa shape index (κ3) is 4.06. The molecule has 1 aliphatic heterocycles. The second-order valence-electron chi connectivity index (χ2n) is 8.21. The van der Waals surface area contributed by atoms with Crippen molar-refractivity contribution in [2.75, 3.05) is 6.54 Å². The highest BCUT2D eigenvalue weighted by molar-refractivity contribution is 5.71. The van der Waals surface area contributed by atoms with Crippen molar-refractivity contribution in [3.8, 4) is 5.75 Å². The van der Waals surface area contributed by atoms with Gasteiger partial charge in [-0.3, -0.25) is 0 Å². The van der Waals surface area contributed by atoms with Gasteiger partial charge in [-0.05, 0) is 55.5 Å². The van der Waals surface area contributed by atoms with Crippen LogP contribution < -0.4 is 15.4 Å². The highest BCUT2D eigenvalue weighted by Crippen LogP contribution is 2.45. The van der Waals surface area contributed by atoms with E-state index in [0.717, 1.165) is 45.1 Å². The maximum atomic E-state index is 12.4. The van der Waals surface area contributed by atoms with Crippen molar-refractivity contribution in [2.45, 2.75) is 89.6 Å². The lowest BCUT2D eigenvalue weighted by Gasteiger charge is -2.25. The second kappa shape index (κ2) is 8.43. The number of unbranched alkanes of at least 4 members (excludes halogenated alkanes) is 2. The van der Waals surface area contributed by atoms with Crippen LogP contribution >= 0.6 is 0 Å². The Hall–Kier alpha value is -1.55. The van der Waals surface area contributed by atoms with Crippen molar-refractivity contribution in [3.05, 3.63) is 29.3 Å². The zero-order valence-electron chi connectivity index (χ0n) is 16.6. The number of benzene rings is 1. The van der Waals surface area contributed by atoms with Gasteiger partial charge in [-0.1, -0.05) is 52.5 Å². The number of nitrogens with one attached hydrogen (secondary N) is 2. The molecule has 2 aliphatic rings. The van der Waals surface area contributed by atoms with E-state index in [0.29, 0.717) is 11.8 Å². The molecule has 4 heteroatoms. The molecule has 1 amide bonds. The third-order valence-corrected chi connectivity index (χ3v) is 6.25. The molecule has 1 saturated heterocycles. The van der Waals surface area contributed by atoms with E-state index in [9.17, 15) is 4.79 Å². The Bertz CT molecular complexity index is 631. The molecule has 3 rings (SSSR count). The van der Waals surface area contributed by atoms with Gasteiger partial charge in [-0.25, -0.2) is 4.79 Å². The van der Waals surface area contributed by atoms with Gasteiger partial charge in [0.1, 0.15) is 5.75 Å². The molecule has 1 aromatic carbocycles. The van der Waals surface area contributed by atoms with Gasteiger partial charge in [0.25, 0.3) is 0 Å². The lowest BCUT2D eigenvalue weighted by atomic mass is 9.81. The Morgan fingerprint density at radius 2 is 2.15 bits per heavy atom. The molecule has 4 nitrogen and oxygen atoms in total. The fraction of sp³-hybridized carbons (Fsp3) is 0.682. The molecule has 1 aliphatic carbocycles. The molecule has 0 aromatic heterocycles. The Morgan fingerprint density at radius 1 is 1.31 bits per heavy atom. The Labute approximate surface area is 158 Å². The number of hydrogen-bond donors (Lipinski definition) is 2. The number of ether oxygens (including phenoxy) is 1. The van der Waals surface area contributed by atoms with Gasteiger partial charge in [-0.2, -0.15) is 0 Å². The predicted octanol–water partition coefficient (Wildman–Crippen LogP) is 4.70. The SMILES string of the molecule is CCCCCC(CCC)NC(=O)Oc1ccc2c(c1)[C@]1(C)CCN[C@@H]1C2. The molecule has 1 heterocycles. The summed E-state index contributed by atoms with van der Waals surface area (Å²) in [5.74, 6) is 0.666. The van der Waals surface area contributed by atoms with Crippen LogP contribution in [0.25, 0.3) is 0 Å². The first-order valence-electron chi connectivity index (χ1n) is 10.4. The van der Waals surface area contributed by atoms with Crippen LogP contribution in [0.2, 0.25) is 0 Å². The molecular formula is C22H34N2O2. The first kappa shape index (κ1) is 19.2. The maximum Gasteiger partial charge on any atom is 0.412 e. The highest BCUT2D eigenvalue weighted by Gasteiger charge is 2.46. The lowest BCUT2D eigenvalue weighted by Crippen LogP contribution is -2.37. The second-order valence-corrected chi connectivity index (χ2v) is 8.21. The van der Waals surface area contributed by atoms with Gasteiger partial charge in [0.2, 0.25) is 0 Å². The summed E-state index contributed by atoms with van der Waals surface area (Å²) in [4.78, 5) is 12.4. The molecule has 1 fully saturated rings. The number of carbonyl (C=O) groups excluding carboxylic acids is 1. The number of rotatable bonds is 8. The summed E-state index contributed by atoms with van der Waals surface area (Å²) in [7, 11) is 0. The molecule has 0 radical (unpaired) electrons. The molecule has 0 spiro atoms. The summed E-state index contributed by atoms with van der Waals surface area (Å²) >= 11 is 0. The first-order valence-corrected chi connectivity index (χ1v) is 10.4. The minimum absolute atomic E-state index is 0.177. The minimum atomic E-state index is -0.316. The number of amides is 1. The Balaban J connectivity index is 1.61. The fourth-order valence-corrected chi connectivity index (χ4v) is 4.66. The van der Waals surface area contributed by atoms with Crippen LogP contribution in [0.4, 0.5) is 4.79 Å².